The molecule has 116 valence electrons. The fraction of sp³-hybridized carbons (Fsp3) is 0.933. The summed E-state index contributed by atoms with van der Waals surface area (Å²) in [6.45, 7) is 9.89. The lowest BCUT2D eigenvalue weighted by atomic mass is 9.95. The second kappa shape index (κ2) is 7.38. The molecule has 0 aliphatic carbocycles. The molecule has 2 aliphatic rings. The predicted octanol–water partition coefficient (Wildman–Crippen LogP) is 1.03. The highest BCUT2D eigenvalue weighted by molar-refractivity contribution is 5.81. The Morgan fingerprint density at radius 1 is 1.20 bits per heavy atom. The van der Waals surface area contributed by atoms with Crippen molar-refractivity contribution in [2.24, 2.45) is 5.92 Å². The van der Waals surface area contributed by atoms with Crippen LogP contribution in [0.25, 0.3) is 0 Å². The maximum absolute atomic E-state index is 12.4. The molecule has 5 nitrogen and oxygen atoms in total. The standard InChI is InChI=1S/C15H28N2O3/c1-11(2)14-10-13(4-7-20-14)16-12(3)15(18)17-5-8-19-9-6-17/h11-14,16H,4-10H2,1-3H3. The Hall–Kier alpha value is -0.650. The zero-order valence-electron chi connectivity index (χ0n) is 12.9. The Kier molecular flexibility index (Phi) is 5.81. The van der Waals surface area contributed by atoms with Crippen molar-refractivity contribution in [2.45, 2.75) is 51.8 Å². The molecular weight excluding hydrogens is 256 g/mol. The molecule has 0 saturated carbocycles. The van der Waals surface area contributed by atoms with Crippen LogP contribution in [0.1, 0.15) is 33.6 Å². The minimum Gasteiger partial charge on any atom is -0.378 e. The van der Waals surface area contributed by atoms with Crippen LogP contribution in [0.15, 0.2) is 0 Å². The van der Waals surface area contributed by atoms with Crippen molar-refractivity contribution < 1.29 is 14.3 Å². The smallest absolute Gasteiger partial charge is 0.239 e. The predicted molar refractivity (Wildman–Crippen MR) is 77.6 cm³/mol. The number of hydrogen-bond acceptors (Lipinski definition) is 4. The van der Waals surface area contributed by atoms with Gasteiger partial charge in [0.1, 0.15) is 0 Å². The second-order valence-electron chi connectivity index (χ2n) is 6.20. The molecule has 3 atom stereocenters. The Morgan fingerprint density at radius 2 is 1.90 bits per heavy atom. The third kappa shape index (κ3) is 4.17. The van der Waals surface area contributed by atoms with Crippen molar-refractivity contribution in [1.29, 1.82) is 0 Å². The maximum Gasteiger partial charge on any atom is 0.239 e. The van der Waals surface area contributed by atoms with E-state index in [9.17, 15) is 4.79 Å². The minimum atomic E-state index is -0.121. The molecular formula is C15H28N2O3. The van der Waals surface area contributed by atoms with Crippen LogP contribution in [-0.4, -0.2) is 61.9 Å². The Balaban J connectivity index is 1.80. The topological polar surface area (TPSA) is 50.8 Å². The number of hydrogen-bond donors (Lipinski definition) is 1. The van der Waals surface area contributed by atoms with Gasteiger partial charge in [0.15, 0.2) is 0 Å². The van der Waals surface area contributed by atoms with Crippen LogP contribution < -0.4 is 5.32 Å². The van der Waals surface area contributed by atoms with Crippen LogP contribution in [-0.2, 0) is 14.3 Å². The van der Waals surface area contributed by atoms with E-state index in [1.807, 2.05) is 11.8 Å². The van der Waals surface area contributed by atoms with Gasteiger partial charge in [0.05, 0.1) is 25.4 Å². The maximum atomic E-state index is 12.4. The summed E-state index contributed by atoms with van der Waals surface area (Å²) >= 11 is 0. The van der Waals surface area contributed by atoms with Crippen LogP contribution in [0.3, 0.4) is 0 Å². The quantitative estimate of drug-likeness (QED) is 0.837. The molecule has 0 radical (unpaired) electrons. The van der Waals surface area contributed by atoms with E-state index in [-0.39, 0.29) is 11.9 Å². The van der Waals surface area contributed by atoms with Crippen molar-refractivity contribution in [2.75, 3.05) is 32.9 Å². The van der Waals surface area contributed by atoms with E-state index in [1.165, 1.54) is 0 Å². The van der Waals surface area contributed by atoms with Gasteiger partial charge in [-0.3, -0.25) is 4.79 Å². The van der Waals surface area contributed by atoms with Gasteiger partial charge in [0.2, 0.25) is 5.91 Å². The first-order valence-electron chi connectivity index (χ1n) is 7.82. The van der Waals surface area contributed by atoms with E-state index >= 15 is 0 Å². The van der Waals surface area contributed by atoms with E-state index in [0.29, 0.717) is 44.4 Å². The van der Waals surface area contributed by atoms with Gasteiger partial charge in [-0.2, -0.15) is 0 Å². The van der Waals surface area contributed by atoms with Crippen LogP contribution in [0.2, 0.25) is 0 Å². The second-order valence-corrected chi connectivity index (χ2v) is 6.20. The van der Waals surface area contributed by atoms with Crippen LogP contribution in [0, 0.1) is 5.92 Å². The monoisotopic (exact) mass is 284 g/mol. The van der Waals surface area contributed by atoms with Gasteiger partial charge in [-0.25, -0.2) is 0 Å². The molecule has 2 aliphatic heterocycles. The first-order chi connectivity index (χ1) is 9.58. The van der Waals surface area contributed by atoms with Gasteiger partial charge < -0.3 is 19.7 Å². The van der Waals surface area contributed by atoms with Gasteiger partial charge in [-0.15, -0.1) is 0 Å². The molecule has 2 saturated heterocycles. The molecule has 0 aromatic rings. The molecule has 20 heavy (non-hydrogen) atoms. The summed E-state index contributed by atoms with van der Waals surface area (Å²) in [5, 5.41) is 3.49. The highest BCUT2D eigenvalue weighted by Gasteiger charge is 2.29. The normalized spacial score (nSPS) is 29.5. The number of carbonyl (C=O) groups is 1. The van der Waals surface area contributed by atoms with Crippen molar-refractivity contribution in [3.05, 3.63) is 0 Å². The lowest BCUT2D eigenvalue weighted by molar-refractivity contribution is -0.137. The number of morpholine rings is 1. The largest absolute Gasteiger partial charge is 0.378 e. The van der Waals surface area contributed by atoms with Crippen molar-refractivity contribution in [3.63, 3.8) is 0 Å². The fourth-order valence-electron chi connectivity index (χ4n) is 2.93. The van der Waals surface area contributed by atoms with Crippen LogP contribution in [0.4, 0.5) is 0 Å². The molecule has 0 aromatic heterocycles. The van der Waals surface area contributed by atoms with E-state index in [1.54, 1.807) is 0 Å². The molecule has 3 unspecified atom stereocenters. The minimum absolute atomic E-state index is 0.121. The molecule has 1 N–H and O–H groups in total. The van der Waals surface area contributed by atoms with Crippen LogP contribution >= 0.6 is 0 Å². The molecule has 0 bridgehead atoms. The summed E-state index contributed by atoms with van der Waals surface area (Å²) in [5.41, 5.74) is 0. The van der Waals surface area contributed by atoms with Gasteiger partial charge in [-0.05, 0) is 25.7 Å². The summed E-state index contributed by atoms with van der Waals surface area (Å²) in [6, 6.07) is 0.264. The van der Waals surface area contributed by atoms with Gasteiger partial charge in [-0.1, -0.05) is 13.8 Å². The highest BCUT2D eigenvalue weighted by atomic mass is 16.5. The van der Waals surface area contributed by atoms with E-state index < -0.39 is 0 Å². The molecule has 1 amide bonds. The molecule has 2 fully saturated rings. The number of nitrogens with zero attached hydrogens (tertiary/aromatic N) is 1. The third-order valence-corrected chi connectivity index (χ3v) is 4.24. The van der Waals surface area contributed by atoms with Crippen molar-refractivity contribution in [1.82, 2.24) is 10.2 Å². The first-order valence-corrected chi connectivity index (χ1v) is 7.82. The lowest BCUT2D eigenvalue weighted by Crippen LogP contribution is -2.53. The van der Waals surface area contributed by atoms with Gasteiger partial charge in [0, 0.05) is 25.7 Å². The molecule has 0 spiro atoms. The zero-order valence-corrected chi connectivity index (χ0v) is 12.9. The fourth-order valence-corrected chi connectivity index (χ4v) is 2.93. The van der Waals surface area contributed by atoms with Crippen molar-refractivity contribution >= 4 is 5.91 Å². The summed E-state index contributed by atoms with van der Waals surface area (Å²) in [7, 11) is 0. The van der Waals surface area contributed by atoms with Crippen LogP contribution in [0.5, 0.6) is 0 Å². The summed E-state index contributed by atoms with van der Waals surface area (Å²) in [6.07, 6.45) is 2.30. The average molecular weight is 284 g/mol. The molecule has 0 aromatic carbocycles. The Labute approximate surface area is 122 Å². The number of amides is 1. The van der Waals surface area contributed by atoms with Gasteiger partial charge in [0.25, 0.3) is 0 Å². The number of ether oxygens (including phenoxy) is 2. The summed E-state index contributed by atoms with van der Waals surface area (Å²) in [5.74, 6) is 0.728. The number of nitrogens with one attached hydrogen (secondary N) is 1. The first kappa shape index (κ1) is 15.7. The molecule has 2 heterocycles. The Morgan fingerprint density at radius 3 is 2.55 bits per heavy atom. The highest BCUT2D eigenvalue weighted by Crippen LogP contribution is 2.20. The van der Waals surface area contributed by atoms with E-state index in [4.69, 9.17) is 9.47 Å². The number of rotatable bonds is 4. The zero-order chi connectivity index (χ0) is 14.5. The van der Waals surface area contributed by atoms with Gasteiger partial charge >= 0.3 is 0 Å². The van der Waals surface area contributed by atoms with E-state index in [2.05, 4.69) is 19.2 Å². The third-order valence-electron chi connectivity index (χ3n) is 4.24. The molecule has 2 rings (SSSR count). The lowest BCUT2D eigenvalue weighted by Gasteiger charge is -2.35. The SMILES string of the molecule is CC(NC1CCOC(C(C)C)C1)C(=O)N1CCOCC1. The van der Waals surface area contributed by atoms with E-state index in [0.717, 1.165) is 19.4 Å². The molecule has 5 heteroatoms. The van der Waals surface area contributed by atoms with Crippen molar-refractivity contribution in [3.8, 4) is 0 Å². The average Bonchev–Trinajstić information content (AvgIpc) is 2.47. The summed E-state index contributed by atoms with van der Waals surface area (Å²) < 4.78 is 11.1. The summed E-state index contributed by atoms with van der Waals surface area (Å²) in [4.78, 5) is 14.3. The number of carbonyl (C=O) groups excluding carboxylic acids is 1. The Bertz CT molecular complexity index is 316.